The molecule has 1 nitrogen and oxygen atoms in total. The molecule has 0 atom stereocenters. The molecule has 0 saturated heterocycles. The van der Waals surface area contributed by atoms with Crippen LogP contribution in [0.1, 0.15) is 42.5 Å². The Balaban J connectivity index is 0.00000312. The molecule has 0 aliphatic rings. The topological polar surface area (TPSA) is 23.8 Å². The van der Waals surface area contributed by atoms with E-state index in [-0.39, 0.29) is 45.5 Å². The van der Waals surface area contributed by atoms with Crippen LogP contribution in [0.5, 0.6) is 0 Å². The Labute approximate surface area is 189 Å². The summed E-state index contributed by atoms with van der Waals surface area (Å²) in [5, 5.41) is 8.86. The first-order chi connectivity index (χ1) is 11.7. The fraction of sp³-hybridized carbons (Fsp3) is 0.174. The summed E-state index contributed by atoms with van der Waals surface area (Å²) in [6.07, 6.45) is 8.32. The van der Waals surface area contributed by atoms with Crippen molar-refractivity contribution in [3.05, 3.63) is 102 Å². The predicted octanol–water partition coefficient (Wildman–Crippen LogP) is 5.55. The molecule has 0 fully saturated rings. The van der Waals surface area contributed by atoms with Crippen LogP contribution in [0, 0.1) is 23.7 Å². The summed E-state index contributed by atoms with van der Waals surface area (Å²) in [6, 6.07) is 18.2. The second-order valence-electron chi connectivity index (χ2n) is 5.65. The zero-order chi connectivity index (χ0) is 17.4. The molecule has 2 rings (SSSR count). The predicted molar refractivity (Wildman–Crippen MR) is 108 cm³/mol. The molecule has 0 heterocycles. The van der Waals surface area contributed by atoms with Crippen molar-refractivity contribution >= 4 is 51.1 Å². The number of nitrogens with zero attached hydrogens (tertiary/aromatic N) is 1. The van der Waals surface area contributed by atoms with Crippen LogP contribution >= 0.6 is 0 Å². The van der Waals surface area contributed by atoms with Gasteiger partial charge in [0.2, 0.25) is 0 Å². The Morgan fingerprint density at radius 2 is 1.88 bits per heavy atom. The van der Waals surface area contributed by atoms with Gasteiger partial charge in [0.15, 0.2) is 0 Å². The Morgan fingerprint density at radius 3 is 2.48 bits per heavy atom. The molecule has 2 aromatic rings. The summed E-state index contributed by atoms with van der Waals surface area (Å²) < 4.78 is 0. The fourth-order valence-electron chi connectivity index (χ4n) is 2.74. The monoisotopic (exact) mass is 401 g/mol. The molecule has 0 bridgehead atoms. The van der Waals surface area contributed by atoms with Crippen molar-refractivity contribution in [2.45, 2.75) is 26.7 Å². The van der Waals surface area contributed by atoms with Crippen molar-refractivity contribution in [2.24, 2.45) is 0 Å². The number of hydrogen-bond donors (Lipinski definition) is 0. The molecular formula is C23H23NSr. The molecule has 2 aromatic carbocycles. The van der Waals surface area contributed by atoms with Crippen LogP contribution in [0.3, 0.4) is 0 Å². The maximum Gasteiger partial charge on any atom is 2.00 e. The molecule has 0 aliphatic carbocycles. The van der Waals surface area contributed by atoms with Crippen LogP contribution < -0.4 is 0 Å². The van der Waals surface area contributed by atoms with Gasteiger partial charge in [0.1, 0.15) is 0 Å². The van der Waals surface area contributed by atoms with E-state index < -0.39 is 0 Å². The summed E-state index contributed by atoms with van der Waals surface area (Å²) in [6.45, 7) is 8.41. The van der Waals surface area contributed by atoms with Crippen LogP contribution in [-0.4, -0.2) is 45.5 Å². The zero-order valence-electron chi connectivity index (χ0n) is 15.1. The summed E-state index contributed by atoms with van der Waals surface area (Å²) in [5.74, 6) is 1.38. The van der Waals surface area contributed by atoms with Crippen LogP contribution in [0.4, 0.5) is 0 Å². The second kappa shape index (κ2) is 11.4. The van der Waals surface area contributed by atoms with Crippen molar-refractivity contribution < 1.29 is 0 Å². The van der Waals surface area contributed by atoms with Gasteiger partial charge in [-0.15, -0.1) is 24.1 Å². The molecule has 25 heavy (non-hydrogen) atoms. The minimum absolute atomic E-state index is 0. The largest absolute Gasteiger partial charge is 2.00 e. The Hall–Kier alpha value is -1.24. The number of nitriles is 1. The van der Waals surface area contributed by atoms with E-state index in [1.165, 1.54) is 17.0 Å². The molecule has 0 aromatic heterocycles. The Kier molecular flexibility index (Phi) is 9.93. The summed E-state index contributed by atoms with van der Waals surface area (Å²) >= 11 is 0. The summed E-state index contributed by atoms with van der Waals surface area (Å²) in [4.78, 5) is 0. The molecule has 0 spiro atoms. The molecule has 0 saturated carbocycles. The number of benzene rings is 2. The summed E-state index contributed by atoms with van der Waals surface area (Å²) in [7, 11) is 0. The van der Waals surface area contributed by atoms with E-state index in [0.29, 0.717) is 5.56 Å². The third-order valence-corrected chi connectivity index (χ3v) is 4.13. The molecule has 2 heteroatoms. The van der Waals surface area contributed by atoms with Crippen molar-refractivity contribution in [1.29, 1.82) is 5.26 Å². The summed E-state index contributed by atoms with van der Waals surface area (Å²) in [5.41, 5.74) is 5.33. The smallest absolute Gasteiger partial charge is 0.368 e. The normalized spacial score (nSPS) is 10.1. The van der Waals surface area contributed by atoms with Crippen LogP contribution in [-0.2, 0) is 6.42 Å². The quantitative estimate of drug-likeness (QED) is 0.339. The molecule has 0 radical (unpaired) electrons. The van der Waals surface area contributed by atoms with E-state index in [2.05, 4.69) is 69.3 Å². The van der Waals surface area contributed by atoms with E-state index >= 15 is 0 Å². The van der Waals surface area contributed by atoms with E-state index in [1.807, 2.05) is 24.3 Å². The Morgan fingerprint density at radius 1 is 1.20 bits per heavy atom. The van der Waals surface area contributed by atoms with Crippen molar-refractivity contribution in [3.8, 4) is 6.07 Å². The van der Waals surface area contributed by atoms with Crippen molar-refractivity contribution in [1.82, 2.24) is 0 Å². The van der Waals surface area contributed by atoms with E-state index in [9.17, 15) is 0 Å². The van der Waals surface area contributed by atoms with Gasteiger partial charge in [0, 0.05) is 0 Å². The maximum absolute atomic E-state index is 8.86. The minimum atomic E-state index is 0. The molecule has 0 N–H and O–H groups in total. The zero-order valence-corrected chi connectivity index (χ0v) is 18.6. The van der Waals surface area contributed by atoms with Crippen LogP contribution in [0.2, 0.25) is 0 Å². The second-order valence-corrected chi connectivity index (χ2v) is 5.65. The number of hydrogen-bond acceptors (Lipinski definition) is 1. The van der Waals surface area contributed by atoms with Gasteiger partial charge in [-0.1, -0.05) is 50.3 Å². The van der Waals surface area contributed by atoms with Gasteiger partial charge in [-0.3, -0.25) is 0 Å². The van der Waals surface area contributed by atoms with Crippen molar-refractivity contribution in [3.63, 3.8) is 0 Å². The van der Waals surface area contributed by atoms with E-state index in [4.69, 9.17) is 5.26 Å². The molecule has 0 unspecified atom stereocenters. The van der Waals surface area contributed by atoms with E-state index in [0.717, 1.165) is 24.0 Å². The third-order valence-electron chi connectivity index (χ3n) is 4.13. The number of allylic oxidation sites excluding steroid dienone is 3. The average molecular weight is 401 g/mol. The SMILES string of the molecule is C=C(/C=C\Cc1ccccc1[C-]([CH-]C)CC)c1ccc(C#N)cc1.[Sr+2]. The minimum Gasteiger partial charge on any atom is -0.368 e. The maximum atomic E-state index is 8.86. The molecular weight excluding hydrogens is 378 g/mol. The standard InChI is InChI=1S/C23H23N.Sr/c1-4-20(5-2)23-12-7-6-10-22(23)11-8-9-18(3)21-15-13-19(17-24)14-16-21;/h4,6-10,12-16H,3,5,11H2,1-2H3;/q-2;+2/b9-8-;. The van der Waals surface area contributed by atoms with Crippen LogP contribution in [0.15, 0.2) is 67.3 Å². The van der Waals surface area contributed by atoms with Gasteiger partial charge in [0.05, 0.1) is 11.6 Å². The van der Waals surface area contributed by atoms with Gasteiger partial charge in [-0.05, 0) is 23.3 Å². The molecule has 0 amide bonds. The molecule has 122 valence electrons. The first-order valence-corrected chi connectivity index (χ1v) is 8.29. The Bertz CT molecular complexity index is 746. The van der Waals surface area contributed by atoms with Gasteiger partial charge in [0.25, 0.3) is 0 Å². The van der Waals surface area contributed by atoms with E-state index in [1.54, 1.807) is 0 Å². The fourth-order valence-corrected chi connectivity index (χ4v) is 2.74. The van der Waals surface area contributed by atoms with Gasteiger partial charge < -0.3 is 12.3 Å². The first-order valence-electron chi connectivity index (χ1n) is 8.29. The third kappa shape index (κ3) is 6.21. The number of rotatable bonds is 7. The molecule has 0 aliphatic heterocycles. The van der Waals surface area contributed by atoms with Crippen LogP contribution in [0.25, 0.3) is 5.57 Å². The first kappa shape index (κ1) is 21.8. The van der Waals surface area contributed by atoms with Gasteiger partial charge >= 0.3 is 45.5 Å². The van der Waals surface area contributed by atoms with Crippen molar-refractivity contribution in [2.75, 3.05) is 0 Å². The average Bonchev–Trinajstić information content (AvgIpc) is 2.64. The van der Waals surface area contributed by atoms with Gasteiger partial charge in [-0.25, -0.2) is 5.56 Å². The van der Waals surface area contributed by atoms with Gasteiger partial charge in [-0.2, -0.15) is 18.3 Å².